The van der Waals surface area contributed by atoms with E-state index in [4.69, 9.17) is 0 Å². The van der Waals surface area contributed by atoms with Gasteiger partial charge in [-0.3, -0.25) is 4.79 Å². The average molecular weight is 496 g/mol. The smallest absolute Gasteiger partial charge is 0.342 e. The van der Waals surface area contributed by atoms with Gasteiger partial charge in [0.2, 0.25) is 26.0 Å². The molecule has 0 aromatic heterocycles. The molecule has 8 nitrogen and oxygen atoms in total. The first kappa shape index (κ1) is 24.7. The molecule has 2 N–H and O–H groups in total. The van der Waals surface area contributed by atoms with E-state index >= 15 is 0 Å². The van der Waals surface area contributed by atoms with E-state index in [1.807, 2.05) is 5.32 Å². The van der Waals surface area contributed by atoms with Crippen molar-refractivity contribution in [3.05, 3.63) is 41.8 Å². The molecule has 2 aliphatic rings. The van der Waals surface area contributed by atoms with Gasteiger partial charge in [-0.15, -0.1) is 0 Å². The quantitative estimate of drug-likeness (QED) is 0.539. The van der Waals surface area contributed by atoms with Crippen molar-refractivity contribution in [3.63, 3.8) is 0 Å². The van der Waals surface area contributed by atoms with Gasteiger partial charge in [0.25, 0.3) is 0 Å². The van der Waals surface area contributed by atoms with Crippen LogP contribution in [0.5, 0.6) is 0 Å². The molecule has 1 aromatic rings. The van der Waals surface area contributed by atoms with E-state index in [9.17, 15) is 34.8 Å². The second kappa shape index (κ2) is 8.76. The first-order valence-corrected chi connectivity index (χ1v) is 12.9. The average Bonchev–Trinajstić information content (AvgIpc) is 3.34. The normalized spacial score (nSPS) is 21.3. The van der Waals surface area contributed by atoms with Crippen molar-refractivity contribution >= 4 is 26.0 Å². The molecule has 1 saturated heterocycles. The molecule has 1 atom stereocenters. The second-order valence-corrected chi connectivity index (χ2v) is 11.7. The number of halogens is 3. The van der Waals surface area contributed by atoms with E-state index < -0.39 is 37.7 Å². The van der Waals surface area contributed by atoms with Gasteiger partial charge in [-0.25, -0.2) is 21.6 Å². The van der Waals surface area contributed by atoms with Crippen LogP contribution in [0.3, 0.4) is 0 Å². The third kappa shape index (κ3) is 5.50. The van der Waals surface area contributed by atoms with Crippen molar-refractivity contribution < 1.29 is 34.8 Å². The number of carbonyl (C=O) groups excluding carboxylic acids is 1. The monoisotopic (exact) mass is 495 g/mol. The predicted octanol–water partition coefficient (Wildman–Crippen LogP) is 1.51. The summed E-state index contributed by atoms with van der Waals surface area (Å²) in [7, 11) is -7.42. The molecule has 0 radical (unpaired) electrons. The fourth-order valence-electron chi connectivity index (χ4n) is 3.50. The molecular weight excluding hydrogens is 471 g/mol. The van der Waals surface area contributed by atoms with Gasteiger partial charge >= 0.3 is 6.18 Å². The van der Waals surface area contributed by atoms with Crippen molar-refractivity contribution in [2.75, 3.05) is 19.6 Å². The van der Waals surface area contributed by atoms with E-state index in [0.29, 0.717) is 12.0 Å². The third-order valence-corrected chi connectivity index (χ3v) is 8.53. The van der Waals surface area contributed by atoms with Gasteiger partial charge in [0.15, 0.2) is 0 Å². The Hall–Kier alpha value is -1.96. The molecule has 1 aliphatic heterocycles. The van der Waals surface area contributed by atoms with Gasteiger partial charge < -0.3 is 5.32 Å². The second-order valence-electron chi connectivity index (χ2n) is 8.03. The summed E-state index contributed by atoms with van der Waals surface area (Å²) < 4.78 is 91.0. The first-order chi connectivity index (χ1) is 14.8. The van der Waals surface area contributed by atoms with Gasteiger partial charge in [0, 0.05) is 25.0 Å². The van der Waals surface area contributed by atoms with E-state index in [1.165, 1.54) is 28.6 Å². The van der Waals surface area contributed by atoms with Crippen LogP contribution in [0.1, 0.15) is 24.8 Å². The maximum Gasteiger partial charge on any atom is 0.411 e. The molecule has 1 unspecified atom stereocenters. The van der Waals surface area contributed by atoms with Crippen LogP contribution in [0.25, 0.3) is 0 Å². The van der Waals surface area contributed by atoms with Gasteiger partial charge in [0.05, 0.1) is 11.3 Å². The summed E-state index contributed by atoms with van der Waals surface area (Å²) in [5.41, 5.74) is -1.75. The van der Waals surface area contributed by atoms with Crippen LogP contribution in [0, 0.1) is 5.92 Å². The van der Waals surface area contributed by atoms with Crippen LogP contribution in [0.15, 0.2) is 41.1 Å². The van der Waals surface area contributed by atoms with Crippen molar-refractivity contribution in [3.8, 4) is 0 Å². The molecule has 1 saturated carbocycles. The molecule has 13 heteroatoms. The SMILES string of the molecule is C=CS(=O)(=O)NCC1CCN(S(=O)(=O)c2ccc(CC(=O)NC3(C(F)(F)F)CC3)cc2)C1. The molecule has 1 aromatic carbocycles. The summed E-state index contributed by atoms with van der Waals surface area (Å²) in [6, 6.07) is 5.40. The topological polar surface area (TPSA) is 113 Å². The fraction of sp³-hybridized carbons (Fsp3) is 0.526. The maximum absolute atomic E-state index is 13.0. The fourth-order valence-corrected chi connectivity index (χ4v) is 5.62. The summed E-state index contributed by atoms with van der Waals surface area (Å²) in [6.07, 6.45) is -4.61. The highest BCUT2D eigenvalue weighted by molar-refractivity contribution is 7.92. The van der Waals surface area contributed by atoms with Crippen LogP contribution in [0.4, 0.5) is 13.2 Å². The van der Waals surface area contributed by atoms with Crippen LogP contribution >= 0.6 is 0 Å². The highest BCUT2D eigenvalue weighted by atomic mass is 32.2. The highest BCUT2D eigenvalue weighted by Crippen LogP contribution is 2.48. The van der Waals surface area contributed by atoms with Crippen LogP contribution in [0.2, 0.25) is 0 Å². The lowest BCUT2D eigenvalue weighted by atomic mass is 10.1. The lowest BCUT2D eigenvalue weighted by Gasteiger charge is -2.20. The van der Waals surface area contributed by atoms with Crippen molar-refractivity contribution in [2.24, 2.45) is 5.92 Å². The summed E-state index contributed by atoms with van der Waals surface area (Å²) in [6.45, 7) is 3.66. The van der Waals surface area contributed by atoms with Crippen LogP contribution in [-0.4, -0.2) is 58.4 Å². The number of rotatable bonds is 9. The van der Waals surface area contributed by atoms with Gasteiger partial charge in [-0.05, 0) is 42.9 Å². The number of nitrogens with one attached hydrogen (secondary N) is 2. The zero-order valence-corrected chi connectivity index (χ0v) is 18.7. The van der Waals surface area contributed by atoms with Gasteiger partial charge in [-0.2, -0.15) is 17.5 Å². The van der Waals surface area contributed by atoms with Crippen molar-refractivity contribution in [1.82, 2.24) is 14.3 Å². The Bertz CT molecular complexity index is 1080. The van der Waals surface area contributed by atoms with Crippen molar-refractivity contribution in [2.45, 2.75) is 42.3 Å². The molecule has 1 amide bonds. The maximum atomic E-state index is 13.0. The Balaban J connectivity index is 1.58. The summed E-state index contributed by atoms with van der Waals surface area (Å²) >= 11 is 0. The minimum atomic E-state index is -4.50. The Morgan fingerprint density at radius 1 is 1.19 bits per heavy atom. The zero-order valence-electron chi connectivity index (χ0n) is 17.1. The summed E-state index contributed by atoms with van der Waals surface area (Å²) in [4.78, 5) is 12.0. The summed E-state index contributed by atoms with van der Waals surface area (Å²) in [5.74, 6) is -0.967. The molecule has 0 bridgehead atoms. The number of nitrogens with zero attached hydrogens (tertiary/aromatic N) is 1. The lowest BCUT2D eigenvalue weighted by molar-refractivity contribution is -0.170. The molecule has 178 valence electrons. The number of sulfonamides is 2. The Morgan fingerprint density at radius 3 is 2.34 bits per heavy atom. The molecule has 1 heterocycles. The van der Waals surface area contributed by atoms with E-state index in [0.717, 1.165) is 5.41 Å². The minimum absolute atomic E-state index is 0.0112. The molecule has 3 rings (SSSR count). The minimum Gasteiger partial charge on any atom is -0.342 e. The number of amides is 1. The van der Waals surface area contributed by atoms with Gasteiger partial charge in [-0.1, -0.05) is 18.7 Å². The Morgan fingerprint density at radius 2 is 1.81 bits per heavy atom. The zero-order chi connectivity index (χ0) is 23.8. The molecule has 1 aliphatic carbocycles. The van der Waals surface area contributed by atoms with E-state index in [2.05, 4.69) is 11.3 Å². The third-order valence-electron chi connectivity index (χ3n) is 5.64. The number of benzene rings is 1. The van der Waals surface area contributed by atoms with Crippen molar-refractivity contribution in [1.29, 1.82) is 0 Å². The summed E-state index contributed by atoms with van der Waals surface area (Å²) in [5, 5.41) is 2.82. The van der Waals surface area contributed by atoms with E-state index in [-0.39, 0.29) is 49.7 Å². The van der Waals surface area contributed by atoms with Gasteiger partial charge in [0.1, 0.15) is 5.54 Å². The first-order valence-electron chi connectivity index (χ1n) is 9.87. The Kier molecular flexibility index (Phi) is 6.76. The van der Waals surface area contributed by atoms with Crippen LogP contribution < -0.4 is 10.0 Å². The van der Waals surface area contributed by atoms with E-state index in [1.54, 1.807) is 0 Å². The predicted molar refractivity (Wildman–Crippen MR) is 110 cm³/mol. The number of carbonyl (C=O) groups is 1. The molecule has 2 fully saturated rings. The van der Waals surface area contributed by atoms with Crippen LogP contribution in [-0.2, 0) is 31.3 Å². The number of alkyl halides is 3. The largest absolute Gasteiger partial charge is 0.411 e. The molecular formula is C19H24F3N3O5S2. The number of hydrogen-bond acceptors (Lipinski definition) is 5. The number of hydrogen-bond donors (Lipinski definition) is 2. The lowest BCUT2D eigenvalue weighted by Crippen LogP contribution is -2.48. The highest BCUT2D eigenvalue weighted by Gasteiger charge is 2.64. The molecule has 0 spiro atoms. The standard InChI is InChI=1S/C19H24F3N3O5S2/c1-2-31(27,28)23-12-15-7-10-25(13-15)32(29,30)16-5-3-14(4-6-16)11-17(26)24-18(8-9-18)19(20,21)22/h2-6,15,23H,1,7-13H2,(H,24,26). The molecule has 32 heavy (non-hydrogen) atoms. The Labute approximate surface area is 185 Å².